The first-order valence-corrected chi connectivity index (χ1v) is 18.9. The number of carbonyl (C=O) groups excluding carboxylic acids is 4. The maximum absolute atomic E-state index is 12.7. The Balaban J connectivity index is 1.45. The Hall–Kier alpha value is -6.16. The third-order valence-electron chi connectivity index (χ3n) is 7.26. The first kappa shape index (κ1) is 40.0. The minimum Gasteiger partial charge on any atom is -0.460 e. The van der Waals surface area contributed by atoms with Crippen LogP contribution in [-0.2, 0) is 33.3 Å². The van der Waals surface area contributed by atoms with E-state index in [1.165, 1.54) is 61.0 Å². The lowest BCUT2D eigenvalue weighted by Gasteiger charge is -2.18. The van der Waals surface area contributed by atoms with Crippen molar-refractivity contribution >= 4 is 69.3 Å². The molecular weight excluding hydrogens is 765 g/mol. The second kappa shape index (κ2) is 19.3. The van der Waals surface area contributed by atoms with Gasteiger partial charge in [0.25, 0.3) is 0 Å². The summed E-state index contributed by atoms with van der Waals surface area (Å²) in [6.07, 6.45) is 5.70. The predicted octanol–water partition coefficient (Wildman–Crippen LogP) is 8.88. The smallest absolute Gasteiger partial charge is 0.338 e. The molecule has 0 amide bonds. The Morgan fingerprint density at radius 1 is 0.709 bits per heavy atom. The number of ether oxygens (including phenoxy) is 6. The average Bonchev–Trinajstić information content (AvgIpc) is 3.99. The highest BCUT2D eigenvalue weighted by atomic mass is 32.1. The molecule has 15 heteroatoms. The fourth-order valence-electron chi connectivity index (χ4n) is 4.66. The molecule has 0 N–H and O–H groups in total. The van der Waals surface area contributed by atoms with Crippen LogP contribution in [0.4, 0.5) is 0 Å². The lowest BCUT2D eigenvalue weighted by molar-refractivity contribution is -0.147. The second-order valence-electron chi connectivity index (χ2n) is 11.3. The zero-order valence-corrected chi connectivity index (χ0v) is 32.2. The first-order chi connectivity index (χ1) is 26.6. The van der Waals surface area contributed by atoms with Crippen LogP contribution in [-0.4, -0.2) is 59.1 Å². The molecule has 0 radical (unpaired) electrons. The highest BCUT2D eigenvalue weighted by Gasteiger charge is 2.28. The average molecular weight is 799 g/mol. The van der Waals surface area contributed by atoms with Crippen LogP contribution in [0.1, 0.15) is 24.2 Å². The lowest BCUT2D eigenvalue weighted by atomic mass is 10.0. The van der Waals surface area contributed by atoms with Gasteiger partial charge in [-0.15, -0.1) is 22.7 Å². The fraction of sp³-hybridized carbons (Fsp3) is 0.150. The van der Waals surface area contributed by atoms with Crippen LogP contribution in [0.2, 0.25) is 0 Å². The molecule has 0 unspecified atom stereocenters. The molecular formula is C40H34N2O10S3. The number of allylic oxidation sites excluding steroid dienone is 2. The van der Waals surface area contributed by atoms with E-state index in [1.54, 1.807) is 24.3 Å². The van der Waals surface area contributed by atoms with Crippen molar-refractivity contribution < 1.29 is 47.6 Å². The van der Waals surface area contributed by atoms with E-state index in [4.69, 9.17) is 28.4 Å². The monoisotopic (exact) mass is 798 g/mol. The quantitative estimate of drug-likeness (QED) is 0.0208. The lowest BCUT2D eigenvalue weighted by Crippen LogP contribution is -2.14. The van der Waals surface area contributed by atoms with E-state index in [1.807, 2.05) is 35.0 Å². The SMILES string of the molecule is C=C/C(=C\C=C\Oc1c(Oc2ccc(C(=O)OCCOC(=O)C(=C)C)cc2)c(-c2cccs2)c2nsnc2c1-c1cccs1)C(=O)OCCOC(=O)C(=C)C. The van der Waals surface area contributed by atoms with Crippen LogP contribution in [0.3, 0.4) is 0 Å². The van der Waals surface area contributed by atoms with E-state index in [9.17, 15) is 19.2 Å². The molecule has 0 aliphatic rings. The highest BCUT2D eigenvalue weighted by Crippen LogP contribution is 2.53. The van der Waals surface area contributed by atoms with Gasteiger partial charge in [-0.2, -0.15) is 8.75 Å². The number of carbonyl (C=O) groups is 4. The summed E-state index contributed by atoms with van der Waals surface area (Å²) < 4.78 is 42.7. The van der Waals surface area contributed by atoms with Gasteiger partial charge in [0.15, 0.2) is 11.5 Å². The molecule has 5 rings (SSSR count). The van der Waals surface area contributed by atoms with Crippen LogP contribution in [0.25, 0.3) is 31.9 Å². The van der Waals surface area contributed by atoms with Gasteiger partial charge in [0.1, 0.15) is 43.2 Å². The third kappa shape index (κ3) is 10.3. The van der Waals surface area contributed by atoms with E-state index in [0.717, 1.165) is 21.5 Å². The van der Waals surface area contributed by atoms with Gasteiger partial charge in [-0.1, -0.05) is 37.9 Å². The van der Waals surface area contributed by atoms with Gasteiger partial charge in [-0.3, -0.25) is 0 Å². The van der Waals surface area contributed by atoms with Crippen molar-refractivity contribution in [3.63, 3.8) is 0 Å². The summed E-state index contributed by atoms with van der Waals surface area (Å²) in [6, 6.07) is 14.0. The van der Waals surface area contributed by atoms with E-state index in [2.05, 4.69) is 28.5 Å². The molecule has 0 bridgehead atoms. The number of hydrogen-bond acceptors (Lipinski definition) is 15. The van der Waals surface area contributed by atoms with Crippen molar-refractivity contribution in [3.8, 4) is 38.1 Å². The Morgan fingerprint density at radius 3 is 1.75 bits per heavy atom. The maximum atomic E-state index is 12.7. The Morgan fingerprint density at radius 2 is 1.24 bits per heavy atom. The number of hydrogen-bond donors (Lipinski definition) is 0. The molecule has 0 atom stereocenters. The standard InChI is InChI=1S/C40H34N2O10S3/c1-6-26(39(45)50-20-18-48-37(43)24(2)3)10-7-17-47-35-31(29-11-8-22-53-29)33-34(42-55-41-33)32(30-12-9-23-54-30)36(35)52-28-15-13-27(14-16-28)40(46)51-21-19-49-38(44)25(4)5/h6-17,22-23H,1-2,4,18-21H2,3,5H3/b17-7+,26-10+. The molecule has 5 aromatic rings. The van der Waals surface area contributed by atoms with E-state index in [-0.39, 0.29) is 48.7 Å². The number of nitrogens with zero attached hydrogens (tertiary/aromatic N) is 2. The van der Waals surface area contributed by atoms with E-state index in [0.29, 0.717) is 39.4 Å². The molecule has 0 fully saturated rings. The first-order valence-electron chi connectivity index (χ1n) is 16.4. The molecule has 12 nitrogen and oxygen atoms in total. The minimum absolute atomic E-state index is 0.106. The van der Waals surface area contributed by atoms with Gasteiger partial charge in [-0.25, -0.2) is 19.2 Å². The molecule has 0 saturated carbocycles. The third-order valence-corrected chi connectivity index (χ3v) is 9.56. The van der Waals surface area contributed by atoms with Crippen LogP contribution < -0.4 is 9.47 Å². The Labute approximate surface area is 328 Å². The zero-order valence-electron chi connectivity index (χ0n) is 29.7. The summed E-state index contributed by atoms with van der Waals surface area (Å²) in [5, 5.41) is 3.87. The summed E-state index contributed by atoms with van der Waals surface area (Å²) >= 11 is 4.02. The molecule has 2 aromatic carbocycles. The molecule has 3 aromatic heterocycles. The zero-order chi connectivity index (χ0) is 39.3. The molecule has 55 heavy (non-hydrogen) atoms. The Bertz CT molecular complexity index is 2270. The Kier molecular flexibility index (Phi) is 14.0. The molecule has 0 aliphatic carbocycles. The normalized spacial score (nSPS) is 11.2. The summed E-state index contributed by atoms with van der Waals surface area (Å²) in [5.74, 6) is -1.39. The summed E-state index contributed by atoms with van der Waals surface area (Å²) in [5.41, 5.74) is 3.38. The van der Waals surface area contributed by atoms with Gasteiger partial charge in [0.2, 0.25) is 0 Å². The largest absolute Gasteiger partial charge is 0.460 e. The van der Waals surface area contributed by atoms with Crippen LogP contribution >= 0.6 is 34.4 Å². The van der Waals surface area contributed by atoms with Crippen LogP contribution in [0, 0.1) is 0 Å². The highest BCUT2D eigenvalue weighted by molar-refractivity contribution is 7.14. The molecule has 0 saturated heterocycles. The number of esters is 4. The summed E-state index contributed by atoms with van der Waals surface area (Å²) in [7, 11) is 0. The van der Waals surface area contributed by atoms with Crippen molar-refractivity contribution in [2.24, 2.45) is 0 Å². The number of thiophene rings is 2. The number of fused-ring (bicyclic) bond motifs is 1. The minimum atomic E-state index is -0.678. The number of benzene rings is 2. The number of aromatic nitrogens is 2. The summed E-state index contributed by atoms with van der Waals surface area (Å²) in [6.45, 7) is 13.3. The van der Waals surface area contributed by atoms with Crippen molar-refractivity contribution in [2.45, 2.75) is 13.8 Å². The summed E-state index contributed by atoms with van der Waals surface area (Å²) in [4.78, 5) is 50.2. The fourth-order valence-corrected chi connectivity index (χ4v) is 6.76. The molecule has 282 valence electrons. The van der Waals surface area contributed by atoms with Crippen LogP contribution in [0.5, 0.6) is 17.2 Å². The van der Waals surface area contributed by atoms with Gasteiger partial charge in [-0.05, 0) is 73.2 Å². The predicted molar refractivity (Wildman–Crippen MR) is 211 cm³/mol. The second-order valence-corrected chi connectivity index (χ2v) is 13.8. The number of rotatable bonds is 18. The topological polar surface area (TPSA) is 149 Å². The van der Waals surface area contributed by atoms with Gasteiger partial charge in [0, 0.05) is 20.9 Å². The van der Waals surface area contributed by atoms with Gasteiger partial charge in [0.05, 0.1) is 40.3 Å². The molecule has 3 heterocycles. The van der Waals surface area contributed by atoms with Gasteiger partial charge < -0.3 is 28.4 Å². The molecule has 0 aliphatic heterocycles. The molecule has 0 spiro atoms. The van der Waals surface area contributed by atoms with Crippen molar-refractivity contribution in [3.05, 3.63) is 126 Å². The van der Waals surface area contributed by atoms with E-state index < -0.39 is 23.9 Å². The van der Waals surface area contributed by atoms with Crippen molar-refractivity contribution in [2.75, 3.05) is 26.4 Å². The van der Waals surface area contributed by atoms with Gasteiger partial charge >= 0.3 is 23.9 Å². The maximum Gasteiger partial charge on any atom is 0.338 e. The van der Waals surface area contributed by atoms with Crippen molar-refractivity contribution in [1.82, 2.24) is 8.75 Å². The van der Waals surface area contributed by atoms with E-state index >= 15 is 0 Å². The van der Waals surface area contributed by atoms with Crippen molar-refractivity contribution in [1.29, 1.82) is 0 Å². The van der Waals surface area contributed by atoms with Crippen LogP contribution in [0.15, 0.2) is 120 Å².